The highest BCUT2D eigenvalue weighted by Gasteiger charge is 2.18. The molecule has 0 saturated carbocycles. The van der Waals surface area contributed by atoms with E-state index < -0.39 is 0 Å². The molecule has 6 heteroatoms. The van der Waals surface area contributed by atoms with Crippen molar-refractivity contribution in [3.8, 4) is 11.5 Å². The summed E-state index contributed by atoms with van der Waals surface area (Å²) in [6.07, 6.45) is 0. The Labute approximate surface area is 98.9 Å². The van der Waals surface area contributed by atoms with E-state index in [1.54, 1.807) is 12.1 Å². The van der Waals surface area contributed by atoms with Gasteiger partial charge in [0, 0.05) is 23.7 Å². The molecule has 1 aromatic rings. The summed E-state index contributed by atoms with van der Waals surface area (Å²) < 4.78 is 10.4. The van der Waals surface area contributed by atoms with Crippen molar-refractivity contribution in [2.75, 3.05) is 13.3 Å². The molecule has 84 valence electrons. The Morgan fingerprint density at radius 3 is 2.53 bits per heavy atom. The van der Waals surface area contributed by atoms with Crippen molar-refractivity contribution < 1.29 is 9.47 Å². The second-order valence-corrected chi connectivity index (χ2v) is 3.48. The van der Waals surface area contributed by atoms with Gasteiger partial charge in [-0.15, -0.1) is 12.4 Å². The van der Waals surface area contributed by atoms with Crippen LogP contribution in [0.25, 0.3) is 0 Å². The standard InChI is InChI=1S/C9H11ClN2O2.ClH/c10-6-2-9-8(13-4-14-9)1-5(6)7(12)3-11;/h1-2,7H,3-4,11-12H2;1H/t7-;/m1./s1. The smallest absolute Gasteiger partial charge is 0.231 e. The van der Waals surface area contributed by atoms with Crippen molar-refractivity contribution in [3.05, 3.63) is 22.7 Å². The van der Waals surface area contributed by atoms with Crippen LogP contribution < -0.4 is 20.9 Å². The van der Waals surface area contributed by atoms with Crippen LogP contribution in [-0.2, 0) is 0 Å². The van der Waals surface area contributed by atoms with Gasteiger partial charge in [0.25, 0.3) is 0 Å². The van der Waals surface area contributed by atoms with Gasteiger partial charge in [-0.2, -0.15) is 0 Å². The first-order valence-electron chi connectivity index (χ1n) is 4.27. The second-order valence-electron chi connectivity index (χ2n) is 3.07. The molecule has 1 aliphatic heterocycles. The molecule has 0 radical (unpaired) electrons. The lowest BCUT2D eigenvalue weighted by Gasteiger charge is -2.11. The Bertz CT molecular complexity index is 360. The van der Waals surface area contributed by atoms with Crippen molar-refractivity contribution in [1.29, 1.82) is 0 Å². The van der Waals surface area contributed by atoms with Gasteiger partial charge in [-0.25, -0.2) is 0 Å². The molecule has 0 spiro atoms. The van der Waals surface area contributed by atoms with Crippen molar-refractivity contribution in [3.63, 3.8) is 0 Å². The van der Waals surface area contributed by atoms with Crippen LogP contribution in [0.3, 0.4) is 0 Å². The van der Waals surface area contributed by atoms with Gasteiger partial charge in [0.2, 0.25) is 6.79 Å². The molecule has 1 heterocycles. The molecule has 1 aliphatic rings. The quantitative estimate of drug-likeness (QED) is 0.834. The SMILES string of the molecule is Cl.NC[C@@H](N)c1cc2c(cc1Cl)OCO2. The fourth-order valence-electron chi connectivity index (χ4n) is 1.34. The maximum Gasteiger partial charge on any atom is 0.231 e. The number of hydrogen-bond acceptors (Lipinski definition) is 4. The maximum atomic E-state index is 6.01. The summed E-state index contributed by atoms with van der Waals surface area (Å²) in [6.45, 7) is 0.576. The van der Waals surface area contributed by atoms with E-state index in [1.807, 2.05) is 0 Å². The van der Waals surface area contributed by atoms with Crippen molar-refractivity contribution in [2.45, 2.75) is 6.04 Å². The molecule has 0 saturated heterocycles. The van der Waals surface area contributed by atoms with Gasteiger partial charge in [-0.1, -0.05) is 11.6 Å². The molecular formula is C9H12Cl2N2O2. The fourth-order valence-corrected chi connectivity index (χ4v) is 1.64. The van der Waals surface area contributed by atoms with Gasteiger partial charge >= 0.3 is 0 Å². The number of halogens is 2. The lowest BCUT2D eigenvalue weighted by atomic mass is 10.1. The highest BCUT2D eigenvalue weighted by atomic mass is 35.5. The van der Waals surface area contributed by atoms with Crippen molar-refractivity contribution >= 4 is 24.0 Å². The van der Waals surface area contributed by atoms with Crippen LogP contribution in [0.1, 0.15) is 11.6 Å². The molecule has 2 rings (SSSR count). The van der Waals surface area contributed by atoms with E-state index in [1.165, 1.54) is 0 Å². The Morgan fingerprint density at radius 1 is 1.33 bits per heavy atom. The average molecular weight is 251 g/mol. The van der Waals surface area contributed by atoms with Crippen molar-refractivity contribution in [2.24, 2.45) is 11.5 Å². The lowest BCUT2D eigenvalue weighted by molar-refractivity contribution is 0.174. The van der Waals surface area contributed by atoms with E-state index in [4.69, 9.17) is 32.5 Å². The number of rotatable bonds is 2. The third-order valence-corrected chi connectivity index (χ3v) is 2.47. The summed E-state index contributed by atoms with van der Waals surface area (Å²) in [5.74, 6) is 1.33. The molecular weight excluding hydrogens is 239 g/mol. The van der Waals surface area contributed by atoms with Crippen LogP contribution in [0.2, 0.25) is 5.02 Å². The van der Waals surface area contributed by atoms with E-state index in [0.29, 0.717) is 23.1 Å². The Kier molecular flexibility index (Phi) is 4.04. The molecule has 4 nitrogen and oxygen atoms in total. The Hall–Kier alpha value is -0.680. The summed E-state index contributed by atoms with van der Waals surface area (Å²) >= 11 is 6.01. The van der Waals surface area contributed by atoms with Crippen LogP contribution in [0, 0.1) is 0 Å². The molecule has 15 heavy (non-hydrogen) atoms. The molecule has 1 atom stereocenters. The second kappa shape index (κ2) is 4.90. The van der Waals surface area contributed by atoms with E-state index in [9.17, 15) is 0 Å². The molecule has 0 aliphatic carbocycles. The largest absolute Gasteiger partial charge is 0.454 e. The van der Waals surface area contributed by atoms with E-state index in [-0.39, 0.29) is 25.2 Å². The maximum absolute atomic E-state index is 6.01. The molecule has 4 N–H and O–H groups in total. The fraction of sp³-hybridized carbons (Fsp3) is 0.333. The van der Waals surface area contributed by atoms with E-state index >= 15 is 0 Å². The van der Waals surface area contributed by atoms with Crippen LogP contribution >= 0.6 is 24.0 Å². The zero-order chi connectivity index (χ0) is 10.1. The van der Waals surface area contributed by atoms with Gasteiger partial charge in [0.1, 0.15) is 0 Å². The Morgan fingerprint density at radius 2 is 1.93 bits per heavy atom. The number of benzene rings is 1. The van der Waals surface area contributed by atoms with E-state index in [0.717, 1.165) is 5.56 Å². The first-order valence-corrected chi connectivity index (χ1v) is 4.65. The predicted octanol–water partition coefficient (Wildman–Crippen LogP) is 1.45. The average Bonchev–Trinajstić information content (AvgIpc) is 2.62. The van der Waals surface area contributed by atoms with Gasteiger partial charge in [0.15, 0.2) is 11.5 Å². The summed E-state index contributed by atoms with van der Waals surface area (Å²) in [5, 5.41) is 0.562. The van der Waals surface area contributed by atoms with Crippen LogP contribution in [-0.4, -0.2) is 13.3 Å². The molecule has 0 fully saturated rings. The zero-order valence-corrected chi connectivity index (χ0v) is 9.48. The van der Waals surface area contributed by atoms with E-state index in [2.05, 4.69) is 0 Å². The topological polar surface area (TPSA) is 70.5 Å². The third kappa shape index (κ3) is 2.29. The number of ether oxygens (including phenoxy) is 2. The van der Waals surface area contributed by atoms with Crippen LogP contribution in [0.15, 0.2) is 12.1 Å². The summed E-state index contributed by atoms with van der Waals surface area (Å²) in [7, 11) is 0. The highest BCUT2D eigenvalue weighted by Crippen LogP contribution is 2.38. The highest BCUT2D eigenvalue weighted by molar-refractivity contribution is 6.31. The molecule has 0 aromatic heterocycles. The Balaban J connectivity index is 0.00000112. The minimum absolute atomic E-state index is 0. The first kappa shape index (κ1) is 12.4. The zero-order valence-electron chi connectivity index (χ0n) is 7.90. The lowest BCUT2D eigenvalue weighted by Crippen LogP contribution is -2.21. The minimum Gasteiger partial charge on any atom is -0.454 e. The third-order valence-electron chi connectivity index (χ3n) is 2.15. The summed E-state index contributed by atoms with van der Waals surface area (Å²) in [6, 6.07) is 3.22. The molecule has 0 unspecified atom stereocenters. The summed E-state index contributed by atoms with van der Waals surface area (Å²) in [4.78, 5) is 0. The van der Waals surface area contributed by atoms with Crippen LogP contribution in [0.5, 0.6) is 11.5 Å². The van der Waals surface area contributed by atoms with Gasteiger partial charge in [-0.3, -0.25) is 0 Å². The van der Waals surface area contributed by atoms with Gasteiger partial charge < -0.3 is 20.9 Å². The predicted molar refractivity (Wildman–Crippen MR) is 60.8 cm³/mol. The number of fused-ring (bicyclic) bond motifs is 1. The van der Waals surface area contributed by atoms with Gasteiger partial charge in [0.05, 0.1) is 0 Å². The van der Waals surface area contributed by atoms with Crippen molar-refractivity contribution in [1.82, 2.24) is 0 Å². The number of hydrogen-bond donors (Lipinski definition) is 2. The van der Waals surface area contributed by atoms with Gasteiger partial charge in [-0.05, 0) is 11.6 Å². The van der Waals surface area contributed by atoms with Crippen LogP contribution in [0.4, 0.5) is 0 Å². The molecule has 0 bridgehead atoms. The monoisotopic (exact) mass is 250 g/mol. The minimum atomic E-state index is -0.267. The normalized spacial score (nSPS) is 14.6. The molecule has 0 amide bonds. The molecule has 1 aromatic carbocycles. The summed E-state index contributed by atoms with van der Waals surface area (Å²) in [5.41, 5.74) is 12.0. The first-order chi connectivity index (χ1) is 6.72. The number of nitrogens with two attached hydrogens (primary N) is 2.